The van der Waals surface area contributed by atoms with Crippen molar-refractivity contribution >= 4 is 11.9 Å². The normalized spacial score (nSPS) is 22.9. The second-order valence-electron chi connectivity index (χ2n) is 7.50. The Morgan fingerprint density at radius 1 is 1.11 bits per heavy atom. The molecule has 0 aliphatic carbocycles. The molecule has 0 spiro atoms. The molecule has 142 valence electrons. The molecule has 3 heterocycles. The molecule has 2 aliphatic rings. The van der Waals surface area contributed by atoms with Crippen molar-refractivity contribution in [2.24, 2.45) is 5.92 Å². The molecular weight excluding hydrogens is 343 g/mol. The van der Waals surface area contributed by atoms with E-state index in [0.29, 0.717) is 12.5 Å². The molecule has 27 heavy (non-hydrogen) atoms. The fraction of sp³-hybridized carbons (Fsp3) is 0.476. The van der Waals surface area contributed by atoms with Crippen molar-refractivity contribution in [1.29, 1.82) is 0 Å². The largest absolute Gasteiger partial charge is 0.340 e. The summed E-state index contributed by atoms with van der Waals surface area (Å²) in [6.45, 7) is 2.36. The number of aromatic nitrogens is 2. The smallest absolute Gasteiger partial charge is 0.227 e. The van der Waals surface area contributed by atoms with Crippen LogP contribution in [0.15, 0.2) is 42.7 Å². The van der Waals surface area contributed by atoms with Crippen LogP contribution in [0.3, 0.4) is 0 Å². The summed E-state index contributed by atoms with van der Waals surface area (Å²) in [6.07, 6.45) is 8.08. The Morgan fingerprint density at radius 2 is 1.93 bits per heavy atom. The van der Waals surface area contributed by atoms with Crippen molar-refractivity contribution in [3.05, 3.63) is 54.1 Å². The highest BCUT2D eigenvalue weighted by molar-refractivity contribution is 5.80. The van der Waals surface area contributed by atoms with Crippen molar-refractivity contribution < 1.29 is 9.18 Å². The molecule has 2 aliphatic heterocycles. The molecule has 6 heteroatoms. The van der Waals surface area contributed by atoms with Gasteiger partial charge in [-0.05, 0) is 55.9 Å². The van der Waals surface area contributed by atoms with E-state index in [1.54, 1.807) is 30.6 Å². The van der Waals surface area contributed by atoms with Crippen LogP contribution in [0.2, 0.25) is 0 Å². The van der Waals surface area contributed by atoms with Gasteiger partial charge in [-0.2, -0.15) is 0 Å². The van der Waals surface area contributed by atoms with Gasteiger partial charge in [0.05, 0.1) is 5.92 Å². The van der Waals surface area contributed by atoms with Gasteiger partial charge in [0, 0.05) is 38.1 Å². The third-order valence-electron chi connectivity index (χ3n) is 5.63. The van der Waals surface area contributed by atoms with Gasteiger partial charge in [-0.25, -0.2) is 14.4 Å². The monoisotopic (exact) mass is 368 g/mol. The van der Waals surface area contributed by atoms with Gasteiger partial charge in [0.2, 0.25) is 11.9 Å². The lowest BCUT2D eigenvalue weighted by Crippen LogP contribution is -2.47. The van der Waals surface area contributed by atoms with Crippen molar-refractivity contribution in [2.75, 3.05) is 24.5 Å². The SMILES string of the molecule is O=C(C1CCCN(c2ncccn2)C1)N1CCCC1Cc1cccc(F)c1. The van der Waals surface area contributed by atoms with Crippen LogP contribution in [-0.2, 0) is 11.2 Å². The minimum Gasteiger partial charge on any atom is -0.340 e. The van der Waals surface area contributed by atoms with Gasteiger partial charge in [0.1, 0.15) is 5.82 Å². The van der Waals surface area contributed by atoms with Crippen LogP contribution >= 0.6 is 0 Å². The summed E-state index contributed by atoms with van der Waals surface area (Å²) in [5, 5.41) is 0. The third-order valence-corrected chi connectivity index (χ3v) is 5.63. The molecule has 0 N–H and O–H groups in total. The van der Waals surface area contributed by atoms with E-state index in [0.717, 1.165) is 50.8 Å². The Labute approximate surface area is 159 Å². The van der Waals surface area contributed by atoms with Crippen molar-refractivity contribution in [1.82, 2.24) is 14.9 Å². The number of benzene rings is 1. The minimum atomic E-state index is -0.214. The maximum absolute atomic E-state index is 13.5. The van der Waals surface area contributed by atoms with Gasteiger partial charge in [-0.1, -0.05) is 12.1 Å². The van der Waals surface area contributed by atoms with E-state index >= 15 is 0 Å². The average Bonchev–Trinajstić information content (AvgIpc) is 3.16. The van der Waals surface area contributed by atoms with E-state index in [1.165, 1.54) is 6.07 Å². The molecule has 1 aromatic heterocycles. The zero-order valence-corrected chi connectivity index (χ0v) is 15.4. The molecule has 0 bridgehead atoms. The zero-order valence-electron chi connectivity index (χ0n) is 15.4. The Bertz CT molecular complexity index is 785. The van der Waals surface area contributed by atoms with E-state index < -0.39 is 0 Å². The second kappa shape index (κ2) is 8.03. The number of halogens is 1. The first kappa shape index (κ1) is 17.9. The van der Waals surface area contributed by atoms with E-state index in [4.69, 9.17) is 0 Å². The summed E-state index contributed by atoms with van der Waals surface area (Å²) in [5.41, 5.74) is 0.961. The summed E-state index contributed by atoms with van der Waals surface area (Å²) in [7, 11) is 0. The standard InChI is InChI=1S/C21H25FN4O/c22-18-7-1-5-16(13-18)14-19-8-3-12-26(19)20(27)17-6-2-11-25(15-17)21-23-9-4-10-24-21/h1,4-5,7,9-10,13,17,19H,2-3,6,8,11-12,14-15H2. The lowest BCUT2D eigenvalue weighted by Gasteiger charge is -2.35. The molecule has 2 fully saturated rings. The van der Waals surface area contributed by atoms with Gasteiger partial charge in [-0.15, -0.1) is 0 Å². The van der Waals surface area contributed by atoms with Crippen molar-refractivity contribution in [3.63, 3.8) is 0 Å². The number of hydrogen-bond donors (Lipinski definition) is 0. The third kappa shape index (κ3) is 4.10. The average molecular weight is 368 g/mol. The maximum Gasteiger partial charge on any atom is 0.227 e. The molecule has 4 rings (SSSR count). The first-order valence-electron chi connectivity index (χ1n) is 9.77. The van der Waals surface area contributed by atoms with E-state index in [-0.39, 0.29) is 23.7 Å². The van der Waals surface area contributed by atoms with Crippen LogP contribution in [-0.4, -0.2) is 46.5 Å². The van der Waals surface area contributed by atoms with Crippen LogP contribution in [0, 0.1) is 11.7 Å². The lowest BCUT2D eigenvalue weighted by molar-refractivity contribution is -0.136. The molecule has 2 aromatic rings. The van der Waals surface area contributed by atoms with Gasteiger partial charge >= 0.3 is 0 Å². The number of nitrogens with zero attached hydrogens (tertiary/aromatic N) is 4. The number of piperidine rings is 1. The highest BCUT2D eigenvalue weighted by Gasteiger charge is 2.35. The molecule has 2 unspecified atom stereocenters. The van der Waals surface area contributed by atoms with Crippen molar-refractivity contribution in [3.8, 4) is 0 Å². The number of likely N-dealkylation sites (tertiary alicyclic amines) is 1. The number of anilines is 1. The fourth-order valence-electron chi connectivity index (χ4n) is 4.32. The Hall–Kier alpha value is -2.50. The molecule has 2 atom stereocenters. The van der Waals surface area contributed by atoms with Crippen LogP contribution < -0.4 is 4.90 Å². The Kier molecular flexibility index (Phi) is 5.32. The summed E-state index contributed by atoms with van der Waals surface area (Å²) < 4.78 is 13.5. The van der Waals surface area contributed by atoms with Gasteiger partial charge in [0.25, 0.3) is 0 Å². The number of rotatable bonds is 4. The van der Waals surface area contributed by atoms with Crippen LogP contribution in [0.5, 0.6) is 0 Å². The minimum absolute atomic E-state index is 0.0179. The predicted octanol–water partition coefficient (Wildman–Crippen LogP) is 3.07. The molecule has 5 nitrogen and oxygen atoms in total. The Balaban J connectivity index is 1.43. The van der Waals surface area contributed by atoms with Gasteiger partial charge in [-0.3, -0.25) is 4.79 Å². The summed E-state index contributed by atoms with van der Waals surface area (Å²) >= 11 is 0. The van der Waals surface area contributed by atoms with Crippen LogP contribution in [0.25, 0.3) is 0 Å². The first-order chi connectivity index (χ1) is 13.2. The number of hydrogen-bond acceptors (Lipinski definition) is 4. The van der Waals surface area contributed by atoms with Crippen molar-refractivity contribution in [2.45, 2.75) is 38.1 Å². The number of carbonyl (C=O) groups is 1. The molecule has 1 aromatic carbocycles. The summed E-state index contributed by atoms with van der Waals surface area (Å²) in [6, 6.07) is 8.70. The highest BCUT2D eigenvalue weighted by Crippen LogP contribution is 2.27. The van der Waals surface area contributed by atoms with Gasteiger partial charge < -0.3 is 9.80 Å². The number of carbonyl (C=O) groups excluding carboxylic acids is 1. The van der Waals surface area contributed by atoms with Crippen LogP contribution in [0.1, 0.15) is 31.2 Å². The van der Waals surface area contributed by atoms with Crippen LogP contribution in [0.4, 0.5) is 10.3 Å². The first-order valence-corrected chi connectivity index (χ1v) is 9.77. The second-order valence-corrected chi connectivity index (χ2v) is 7.50. The highest BCUT2D eigenvalue weighted by atomic mass is 19.1. The summed E-state index contributed by atoms with van der Waals surface area (Å²) in [4.78, 5) is 26.0. The fourth-order valence-corrected chi connectivity index (χ4v) is 4.32. The zero-order chi connectivity index (χ0) is 18.6. The Morgan fingerprint density at radius 3 is 2.74 bits per heavy atom. The van der Waals surface area contributed by atoms with E-state index in [2.05, 4.69) is 14.9 Å². The van der Waals surface area contributed by atoms with E-state index in [1.807, 2.05) is 11.0 Å². The predicted molar refractivity (Wildman–Crippen MR) is 102 cm³/mol. The quantitative estimate of drug-likeness (QED) is 0.832. The molecule has 0 radical (unpaired) electrons. The lowest BCUT2D eigenvalue weighted by atomic mass is 9.95. The molecular formula is C21H25FN4O. The summed E-state index contributed by atoms with van der Waals surface area (Å²) in [5.74, 6) is 0.701. The molecule has 0 saturated carbocycles. The van der Waals surface area contributed by atoms with Gasteiger partial charge in [0.15, 0.2) is 0 Å². The molecule has 2 saturated heterocycles. The molecule has 1 amide bonds. The maximum atomic E-state index is 13.5. The topological polar surface area (TPSA) is 49.3 Å². The number of amides is 1. The van der Waals surface area contributed by atoms with E-state index in [9.17, 15) is 9.18 Å².